The number of nitrogens with zero attached hydrogens (tertiary/aromatic N) is 2. The van der Waals surface area contributed by atoms with Crippen molar-refractivity contribution in [1.29, 1.82) is 0 Å². The zero-order chi connectivity index (χ0) is 32.5. The maximum absolute atomic E-state index is 3.95. The van der Waals surface area contributed by atoms with Crippen molar-refractivity contribution >= 4 is 98.1 Å². The lowest BCUT2D eigenvalue weighted by Crippen LogP contribution is -2.09. The minimum atomic E-state index is 1.12. The lowest BCUT2D eigenvalue weighted by atomic mass is 10.0. The summed E-state index contributed by atoms with van der Waals surface area (Å²) in [5.74, 6) is 0. The van der Waals surface area contributed by atoms with Gasteiger partial charge in [-0.25, -0.2) is 0 Å². The molecule has 0 fully saturated rings. The van der Waals surface area contributed by atoms with Crippen molar-refractivity contribution in [2.45, 2.75) is 0 Å². The minimum absolute atomic E-state index is 1.12. The maximum Gasteiger partial charge on any atom is 0.0798 e. The Morgan fingerprint density at radius 2 is 0.562 bits per heavy atom. The van der Waals surface area contributed by atoms with E-state index in [1.165, 1.54) is 31.7 Å². The molecule has 0 aliphatic heterocycles. The fraction of sp³-hybridized carbons (Fsp3) is 0. The predicted octanol–water partition coefficient (Wildman–Crippen LogP) is 14.8. The van der Waals surface area contributed by atoms with Crippen LogP contribution in [0.1, 0.15) is 0 Å². The average Bonchev–Trinajstić information content (AvgIpc) is 3.62. The van der Waals surface area contributed by atoms with Crippen LogP contribution in [0, 0.1) is 0 Å². The van der Waals surface area contributed by atoms with Crippen LogP contribution < -0.4 is 9.80 Å². The molecule has 0 spiro atoms. The summed E-state index contributed by atoms with van der Waals surface area (Å²) in [6, 6.07) is 60.0. The molecular formula is C42H28Br2N2S2. The van der Waals surface area contributed by atoms with Crippen molar-refractivity contribution in [3.8, 4) is 22.3 Å². The minimum Gasteiger partial charge on any atom is -0.311 e. The van der Waals surface area contributed by atoms with Crippen LogP contribution in [0.15, 0.2) is 177 Å². The molecule has 48 heavy (non-hydrogen) atoms. The highest BCUT2D eigenvalue weighted by Crippen LogP contribution is 2.53. The van der Waals surface area contributed by atoms with Crippen LogP contribution in [0.4, 0.5) is 34.1 Å². The van der Waals surface area contributed by atoms with Crippen molar-refractivity contribution in [3.05, 3.63) is 177 Å². The molecule has 6 aromatic carbocycles. The van der Waals surface area contributed by atoms with Gasteiger partial charge in [0, 0.05) is 45.3 Å². The van der Waals surface area contributed by atoms with Crippen molar-refractivity contribution in [2.24, 2.45) is 0 Å². The summed E-state index contributed by atoms with van der Waals surface area (Å²) < 4.78 is 4.85. The Morgan fingerprint density at radius 3 is 0.833 bits per heavy atom. The number of rotatable bonds is 8. The number of thiophene rings is 2. The van der Waals surface area contributed by atoms with E-state index >= 15 is 0 Å². The first-order valence-corrected chi connectivity index (χ1v) is 18.8. The fourth-order valence-corrected chi connectivity index (χ4v) is 10.6. The molecule has 0 saturated heterocycles. The molecule has 0 unspecified atom stereocenters. The van der Waals surface area contributed by atoms with Crippen LogP contribution in [-0.2, 0) is 0 Å². The largest absolute Gasteiger partial charge is 0.311 e. The van der Waals surface area contributed by atoms with Crippen LogP contribution in [0.3, 0.4) is 0 Å². The molecule has 0 atom stereocenters. The first-order chi connectivity index (χ1) is 23.7. The number of para-hydroxylation sites is 4. The van der Waals surface area contributed by atoms with Gasteiger partial charge in [-0.05, 0) is 116 Å². The molecular weight excluding hydrogens is 756 g/mol. The molecule has 2 heterocycles. The molecule has 0 radical (unpaired) electrons. The second-order valence-electron chi connectivity index (χ2n) is 11.3. The van der Waals surface area contributed by atoms with Gasteiger partial charge in [0.2, 0.25) is 0 Å². The highest BCUT2D eigenvalue weighted by atomic mass is 79.9. The molecule has 6 heteroatoms. The summed E-state index contributed by atoms with van der Waals surface area (Å²) in [5.41, 5.74) is 11.6. The zero-order valence-corrected chi connectivity index (χ0v) is 30.4. The zero-order valence-electron chi connectivity index (χ0n) is 25.6. The Bertz CT molecular complexity index is 2040. The Labute approximate surface area is 305 Å². The smallest absolute Gasteiger partial charge is 0.0798 e. The monoisotopic (exact) mass is 782 g/mol. The van der Waals surface area contributed by atoms with Gasteiger partial charge in [-0.2, -0.15) is 0 Å². The standard InChI is InChI=1S/C42H28Br2N2S2/c43-41-37(29-21-25-35(26-22-29)45(31-13-5-1-6-14-31)32-15-7-2-8-16-32)39-40(48-41)38(42(44)47-39)30-23-27-36(28-24-30)46(33-17-9-3-10-18-33)34-19-11-4-12-20-34/h1-28H. The second kappa shape index (κ2) is 13.6. The SMILES string of the molecule is Brc1sc2c(-c3ccc(N(c4ccccc4)c4ccccc4)cc3)c(Br)sc2c1-c1ccc(N(c2ccccc2)c2ccccc2)cc1. The van der Waals surface area contributed by atoms with E-state index in [1.807, 2.05) is 0 Å². The Hall–Kier alpha value is -4.46. The molecule has 0 aliphatic rings. The number of halogens is 2. The highest BCUT2D eigenvalue weighted by Gasteiger charge is 2.22. The summed E-state index contributed by atoms with van der Waals surface area (Å²) in [4.78, 5) is 4.59. The van der Waals surface area contributed by atoms with Crippen molar-refractivity contribution in [1.82, 2.24) is 0 Å². The molecule has 2 nitrogen and oxygen atoms in total. The number of hydrogen-bond acceptors (Lipinski definition) is 4. The van der Waals surface area contributed by atoms with Crippen LogP contribution >= 0.6 is 54.5 Å². The number of anilines is 6. The third-order valence-corrected chi connectivity index (χ3v) is 12.2. The van der Waals surface area contributed by atoms with Crippen LogP contribution in [-0.4, -0.2) is 0 Å². The van der Waals surface area contributed by atoms with Gasteiger partial charge in [-0.15, -0.1) is 22.7 Å². The molecule has 8 aromatic rings. The van der Waals surface area contributed by atoms with E-state index in [9.17, 15) is 0 Å². The van der Waals surface area contributed by atoms with Crippen molar-refractivity contribution in [3.63, 3.8) is 0 Å². The summed E-state index contributed by atoms with van der Waals surface area (Å²) in [7, 11) is 0. The van der Waals surface area contributed by atoms with Gasteiger partial charge in [0.05, 0.1) is 17.0 Å². The van der Waals surface area contributed by atoms with E-state index in [1.54, 1.807) is 22.7 Å². The lowest BCUT2D eigenvalue weighted by molar-refractivity contribution is 1.28. The van der Waals surface area contributed by atoms with Gasteiger partial charge in [0.1, 0.15) is 0 Å². The van der Waals surface area contributed by atoms with Crippen LogP contribution in [0.5, 0.6) is 0 Å². The van der Waals surface area contributed by atoms with Crippen LogP contribution in [0.2, 0.25) is 0 Å². The molecule has 0 bridgehead atoms. The first-order valence-electron chi connectivity index (χ1n) is 15.6. The fourth-order valence-electron chi connectivity index (χ4n) is 6.13. The highest BCUT2D eigenvalue weighted by molar-refractivity contribution is 9.11. The Balaban J connectivity index is 1.14. The van der Waals surface area contributed by atoms with Gasteiger partial charge >= 0.3 is 0 Å². The summed E-state index contributed by atoms with van der Waals surface area (Å²) in [6.07, 6.45) is 0. The second-order valence-corrected chi connectivity index (χ2v) is 15.9. The summed E-state index contributed by atoms with van der Waals surface area (Å²) >= 11 is 11.5. The first kappa shape index (κ1) is 30.8. The third-order valence-electron chi connectivity index (χ3n) is 8.32. The van der Waals surface area contributed by atoms with Gasteiger partial charge < -0.3 is 9.80 Å². The number of benzene rings is 6. The van der Waals surface area contributed by atoms with Crippen molar-refractivity contribution in [2.75, 3.05) is 9.80 Å². The van der Waals surface area contributed by atoms with E-state index in [0.717, 1.165) is 41.7 Å². The molecule has 232 valence electrons. The quantitative estimate of drug-likeness (QED) is 0.151. The maximum atomic E-state index is 3.95. The van der Waals surface area contributed by atoms with E-state index in [2.05, 4.69) is 212 Å². The normalized spacial score (nSPS) is 11.1. The van der Waals surface area contributed by atoms with E-state index in [4.69, 9.17) is 0 Å². The van der Waals surface area contributed by atoms with Gasteiger partial charge in [-0.3, -0.25) is 0 Å². The molecule has 8 rings (SSSR count). The van der Waals surface area contributed by atoms with Gasteiger partial charge in [0.15, 0.2) is 0 Å². The van der Waals surface area contributed by atoms with Gasteiger partial charge in [-0.1, -0.05) is 97.1 Å². The van der Waals surface area contributed by atoms with E-state index in [0.29, 0.717) is 0 Å². The van der Waals surface area contributed by atoms with Gasteiger partial charge in [0.25, 0.3) is 0 Å². The third kappa shape index (κ3) is 5.90. The lowest BCUT2D eigenvalue weighted by Gasteiger charge is -2.25. The van der Waals surface area contributed by atoms with Crippen LogP contribution in [0.25, 0.3) is 31.7 Å². The molecule has 0 N–H and O–H groups in total. The molecule has 2 aromatic heterocycles. The van der Waals surface area contributed by atoms with Crippen molar-refractivity contribution < 1.29 is 0 Å². The molecule has 0 saturated carbocycles. The Morgan fingerprint density at radius 1 is 0.312 bits per heavy atom. The summed E-state index contributed by atoms with van der Waals surface area (Å²) in [5, 5.41) is 0. The predicted molar refractivity (Wildman–Crippen MR) is 215 cm³/mol. The molecule has 0 amide bonds. The number of fused-ring (bicyclic) bond motifs is 1. The Kier molecular flexibility index (Phi) is 8.72. The van der Waals surface area contributed by atoms with E-state index in [-0.39, 0.29) is 0 Å². The van der Waals surface area contributed by atoms with E-state index < -0.39 is 0 Å². The number of hydrogen-bond donors (Lipinski definition) is 0. The summed E-state index contributed by atoms with van der Waals surface area (Å²) in [6.45, 7) is 0. The molecule has 0 aliphatic carbocycles. The topological polar surface area (TPSA) is 6.48 Å². The average molecular weight is 785 g/mol.